The maximum Gasteiger partial charge on any atom is 0.255 e. The van der Waals surface area contributed by atoms with Crippen LogP contribution in [0.1, 0.15) is 23.2 Å². The summed E-state index contributed by atoms with van der Waals surface area (Å²) in [5, 5.41) is 3.09. The molecule has 3 N–H and O–H groups in total. The molecule has 2 saturated heterocycles. The highest BCUT2D eigenvalue weighted by Gasteiger charge is 2.30. The van der Waals surface area contributed by atoms with Gasteiger partial charge in [-0.05, 0) is 31.0 Å². The Hall–Kier alpha value is -1.67. The molecule has 0 aliphatic carbocycles. The first-order chi connectivity index (χ1) is 12.1. The van der Waals surface area contributed by atoms with Crippen LogP contribution in [0.5, 0.6) is 0 Å². The minimum absolute atomic E-state index is 0.0622. The zero-order chi connectivity index (χ0) is 17.8. The largest absolute Gasteiger partial charge is 0.378 e. The molecule has 0 radical (unpaired) electrons. The molecule has 0 bridgehead atoms. The number of carbonyl (C=O) groups is 2. The molecule has 2 heterocycles. The number of hydrogen-bond acceptors (Lipinski definition) is 5. The van der Waals surface area contributed by atoms with Crippen LogP contribution in [0.25, 0.3) is 0 Å². The monoisotopic (exact) mass is 367 g/mol. The van der Waals surface area contributed by atoms with Gasteiger partial charge in [0, 0.05) is 25.3 Å². The van der Waals surface area contributed by atoms with Gasteiger partial charge >= 0.3 is 0 Å². The van der Waals surface area contributed by atoms with Crippen molar-refractivity contribution >= 4 is 29.1 Å². The van der Waals surface area contributed by atoms with Crippen LogP contribution in [0, 0.1) is 0 Å². The van der Waals surface area contributed by atoms with Gasteiger partial charge in [0.1, 0.15) is 6.10 Å². The summed E-state index contributed by atoms with van der Waals surface area (Å²) in [6, 6.07) is 4.89. The van der Waals surface area contributed by atoms with Crippen molar-refractivity contribution in [2.24, 2.45) is 5.73 Å². The van der Waals surface area contributed by atoms with E-state index in [1.807, 2.05) is 0 Å². The summed E-state index contributed by atoms with van der Waals surface area (Å²) < 4.78 is 10.8. The summed E-state index contributed by atoms with van der Waals surface area (Å²) in [5.41, 5.74) is 6.51. The Bertz CT molecular complexity index is 649. The Morgan fingerprint density at radius 3 is 2.68 bits per heavy atom. The Balaban J connectivity index is 1.63. The van der Waals surface area contributed by atoms with E-state index in [0.29, 0.717) is 55.5 Å². The van der Waals surface area contributed by atoms with Crippen LogP contribution in [-0.2, 0) is 14.3 Å². The van der Waals surface area contributed by atoms with Crippen LogP contribution in [0.4, 0.5) is 5.69 Å². The summed E-state index contributed by atoms with van der Waals surface area (Å²) in [4.78, 5) is 26.5. The second kappa shape index (κ2) is 8.14. The van der Waals surface area contributed by atoms with Crippen LogP contribution >= 0.6 is 11.6 Å². The molecule has 2 amide bonds. The number of morpholine rings is 1. The fourth-order valence-corrected chi connectivity index (χ4v) is 3.26. The molecule has 7 nitrogen and oxygen atoms in total. The van der Waals surface area contributed by atoms with Gasteiger partial charge in [0.25, 0.3) is 11.8 Å². The smallest absolute Gasteiger partial charge is 0.255 e. The van der Waals surface area contributed by atoms with Gasteiger partial charge in [0.2, 0.25) is 0 Å². The number of benzene rings is 1. The van der Waals surface area contributed by atoms with Crippen molar-refractivity contribution in [3.05, 3.63) is 28.8 Å². The van der Waals surface area contributed by atoms with Crippen molar-refractivity contribution in [3.8, 4) is 0 Å². The summed E-state index contributed by atoms with van der Waals surface area (Å²) in [5.74, 6) is -0.352. The second-order valence-electron chi connectivity index (χ2n) is 6.15. The van der Waals surface area contributed by atoms with E-state index in [1.165, 1.54) is 0 Å². The number of nitrogens with two attached hydrogens (primary N) is 1. The first-order valence-corrected chi connectivity index (χ1v) is 8.79. The van der Waals surface area contributed by atoms with E-state index in [0.717, 1.165) is 6.42 Å². The normalized spacial score (nSPS) is 23.5. The predicted molar refractivity (Wildman–Crippen MR) is 93.8 cm³/mol. The second-order valence-corrected chi connectivity index (χ2v) is 6.56. The number of amides is 2. The molecular formula is C17H22ClN3O4. The third-order valence-electron chi connectivity index (χ3n) is 4.43. The van der Waals surface area contributed by atoms with E-state index >= 15 is 0 Å². The number of nitrogens with one attached hydrogen (secondary N) is 1. The summed E-state index contributed by atoms with van der Waals surface area (Å²) in [6.07, 6.45) is 0.868. The lowest BCUT2D eigenvalue weighted by Crippen LogP contribution is -2.40. The third-order valence-corrected chi connectivity index (χ3v) is 4.74. The van der Waals surface area contributed by atoms with Crippen molar-refractivity contribution in [1.82, 2.24) is 4.90 Å². The third kappa shape index (κ3) is 4.30. The van der Waals surface area contributed by atoms with E-state index in [9.17, 15) is 9.59 Å². The molecule has 136 valence electrons. The van der Waals surface area contributed by atoms with Crippen LogP contribution in [0.2, 0.25) is 5.02 Å². The van der Waals surface area contributed by atoms with Crippen molar-refractivity contribution < 1.29 is 19.1 Å². The number of ether oxygens (including phenoxy) is 2. The Labute approximate surface area is 151 Å². The topological polar surface area (TPSA) is 93.9 Å². The summed E-state index contributed by atoms with van der Waals surface area (Å²) in [6.45, 7) is 2.57. The molecule has 0 aromatic heterocycles. The quantitative estimate of drug-likeness (QED) is 0.835. The van der Waals surface area contributed by atoms with Gasteiger partial charge in [-0.25, -0.2) is 0 Å². The van der Waals surface area contributed by atoms with Crippen molar-refractivity contribution in [3.63, 3.8) is 0 Å². The van der Waals surface area contributed by atoms with E-state index in [1.54, 1.807) is 23.1 Å². The molecular weight excluding hydrogens is 346 g/mol. The maximum absolute atomic E-state index is 12.5. The van der Waals surface area contributed by atoms with Crippen molar-refractivity contribution in [1.29, 1.82) is 0 Å². The molecule has 0 unspecified atom stereocenters. The molecule has 2 fully saturated rings. The average molecular weight is 368 g/mol. The van der Waals surface area contributed by atoms with E-state index < -0.39 is 6.10 Å². The Kier molecular flexibility index (Phi) is 5.90. The van der Waals surface area contributed by atoms with Crippen molar-refractivity contribution in [2.75, 3.05) is 38.2 Å². The first kappa shape index (κ1) is 18.1. The van der Waals surface area contributed by atoms with E-state index in [2.05, 4.69) is 5.32 Å². The van der Waals surface area contributed by atoms with Crippen molar-refractivity contribution in [2.45, 2.75) is 25.0 Å². The standard InChI is InChI=1S/C17H22ClN3O4/c18-14-9-11(20-16(22)15-4-2-12(10-19)25-15)1-3-13(14)17(23)21-5-7-24-8-6-21/h1,3,9,12,15H,2,4-8,10,19H2,(H,20,22)/t12-,15+/m1/s1. The zero-order valence-electron chi connectivity index (χ0n) is 13.9. The van der Waals surface area contributed by atoms with Gasteiger partial charge < -0.3 is 25.4 Å². The Morgan fingerprint density at radius 2 is 2.04 bits per heavy atom. The van der Waals surface area contributed by atoms with Crippen LogP contribution in [0.3, 0.4) is 0 Å². The highest BCUT2D eigenvalue weighted by Crippen LogP contribution is 2.25. The maximum atomic E-state index is 12.5. The number of anilines is 1. The van der Waals surface area contributed by atoms with Gasteiger partial charge in [-0.3, -0.25) is 9.59 Å². The van der Waals surface area contributed by atoms with Gasteiger partial charge in [-0.15, -0.1) is 0 Å². The molecule has 2 atom stereocenters. The average Bonchev–Trinajstić information content (AvgIpc) is 3.11. The fraction of sp³-hybridized carbons (Fsp3) is 0.529. The van der Waals surface area contributed by atoms with E-state index in [4.69, 9.17) is 26.8 Å². The number of hydrogen-bond donors (Lipinski definition) is 2. The fourth-order valence-electron chi connectivity index (χ4n) is 3.00. The van der Waals surface area contributed by atoms with Crippen LogP contribution in [0.15, 0.2) is 18.2 Å². The highest BCUT2D eigenvalue weighted by molar-refractivity contribution is 6.34. The number of rotatable bonds is 4. The lowest BCUT2D eigenvalue weighted by atomic mass is 10.1. The molecule has 25 heavy (non-hydrogen) atoms. The Morgan fingerprint density at radius 1 is 1.28 bits per heavy atom. The van der Waals surface area contributed by atoms with Crippen LogP contribution < -0.4 is 11.1 Å². The first-order valence-electron chi connectivity index (χ1n) is 8.41. The molecule has 8 heteroatoms. The lowest BCUT2D eigenvalue weighted by Gasteiger charge is -2.27. The van der Waals surface area contributed by atoms with Gasteiger partial charge in [-0.1, -0.05) is 11.6 Å². The minimum atomic E-state index is -0.498. The minimum Gasteiger partial charge on any atom is -0.378 e. The highest BCUT2D eigenvalue weighted by atomic mass is 35.5. The molecule has 2 aliphatic heterocycles. The number of halogens is 1. The summed E-state index contributed by atoms with van der Waals surface area (Å²) in [7, 11) is 0. The predicted octanol–water partition coefficient (Wildman–Crippen LogP) is 1.26. The molecule has 1 aromatic rings. The summed E-state index contributed by atoms with van der Waals surface area (Å²) >= 11 is 6.25. The zero-order valence-corrected chi connectivity index (χ0v) is 14.6. The molecule has 0 spiro atoms. The molecule has 0 saturated carbocycles. The van der Waals surface area contributed by atoms with Gasteiger partial charge in [0.05, 0.1) is 29.9 Å². The SMILES string of the molecule is NC[C@H]1CC[C@@H](C(=O)Nc2ccc(C(=O)N3CCOCC3)c(Cl)c2)O1. The lowest BCUT2D eigenvalue weighted by molar-refractivity contribution is -0.126. The van der Waals surface area contributed by atoms with E-state index in [-0.39, 0.29) is 17.9 Å². The molecule has 2 aliphatic rings. The van der Waals surface area contributed by atoms with Gasteiger partial charge in [0.15, 0.2) is 0 Å². The molecule has 3 rings (SSSR count). The molecule has 1 aromatic carbocycles. The number of nitrogens with zero attached hydrogens (tertiary/aromatic N) is 1. The van der Waals surface area contributed by atoms with Gasteiger partial charge in [-0.2, -0.15) is 0 Å². The van der Waals surface area contributed by atoms with Crippen LogP contribution in [-0.4, -0.2) is 61.8 Å². The number of carbonyl (C=O) groups excluding carboxylic acids is 2.